The van der Waals surface area contributed by atoms with E-state index in [0.29, 0.717) is 6.54 Å². The summed E-state index contributed by atoms with van der Waals surface area (Å²) >= 11 is 0. The van der Waals surface area contributed by atoms with E-state index in [4.69, 9.17) is 0 Å². The maximum absolute atomic E-state index is 9.54. The quantitative estimate of drug-likeness (QED) is 0.763. The van der Waals surface area contributed by atoms with Crippen LogP contribution in [0.15, 0.2) is 24.5 Å². The Balaban J connectivity index is 2.48. The summed E-state index contributed by atoms with van der Waals surface area (Å²) in [5.41, 5.74) is 0.466. The molecule has 0 aliphatic heterocycles. The van der Waals surface area contributed by atoms with E-state index in [9.17, 15) is 5.11 Å². The molecule has 0 radical (unpaired) electrons. The predicted molar refractivity (Wildman–Crippen MR) is 57.0 cm³/mol. The highest BCUT2D eigenvalue weighted by molar-refractivity contribution is 5.12. The first-order valence-corrected chi connectivity index (χ1v) is 4.85. The van der Waals surface area contributed by atoms with E-state index in [1.165, 1.54) is 0 Å². The fraction of sp³-hybridized carbons (Fsp3) is 0.545. The molecule has 1 aromatic rings. The number of nitrogens with one attached hydrogen (secondary N) is 1. The van der Waals surface area contributed by atoms with E-state index < -0.39 is 5.60 Å². The minimum absolute atomic E-state index is 0.218. The van der Waals surface area contributed by atoms with Gasteiger partial charge in [-0.05, 0) is 32.4 Å². The molecule has 0 aliphatic rings. The second kappa shape index (κ2) is 4.53. The van der Waals surface area contributed by atoms with E-state index >= 15 is 0 Å². The SMILES string of the molecule is C[C@H](NCC(C)(C)O)c1cccnc1. The molecule has 1 heterocycles. The highest BCUT2D eigenvalue weighted by Crippen LogP contribution is 2.10. The summed E-state index contributed by atoms with van der Waals surface area (Å²) in [7, 11) is 0. The van der Waals surface area contributed by atoms with Gasteiger partial charge in [-0.3, -0.25) is 4.98 Å². The molecule has 0 spiro atoms. The van der Waals surface area contributed by atoms with Crippen molar-refractivity contribution in [2.75, 3.05) is 6.54 Å². The molecule has 1 rings (SSSR count). The molecule has 1 aromatic heterocycles. The Labute approximate surface area is 85.2 Å². The van der Waals surface area contributed by atoms with Crippen LogP contribution in [0.1, 0.15) is 32.4 Å². The second-order valence-electron chi connectivity index (χ2n) is 4.20. The van der Waals surface area contributed by atoms with Gasteiger partial charge in [-0.25, -0.2) is 0 Å². The van der Waals surface area contributed by atoms with Crippen LogP contribution in [0.5, 0.6) is 0 Å². The number of pyridine rings is 1. The lowest BCUT2D eigenvalue weighted by atomic mass is 10.1. The molecule has 3 nitrogen and oxygen atoms in total. The van der Waals surface area contributed by atoms with Crippen LogP contribution in [0.25, 0.3) is 0 Å². The van der Waals surface area contributed by atoms with E-state index in [-0.39, 0.29) is 6.04 Å². The summed E-state index contributed by atoms with van der Waals surface area (Å²) in [6.07, 6.45) is 3.59. The van der Waals surface area contributed by atoms with Gasteiger partial charge < -0.3 is 10.4 Å². The minimum atomic E-state index is -0.670. The first kappa shape index (κ1) is 11.1. The number of rotatable bonds is 4. The lowest BCUT2D eigenvalue weighted by Gasteiger charge is -2.21. The molecular formula is C11H18N2O. The van der Waals surface area contributed by atoms with Crippen LogP contribution in [0, 0.1) is 0 Å². The third-order valence-corrected chi connectivity index (χ3v) is 2.03. The minimum Gasteiger partial charge on any atom is -0.389 e. The Bertz CT molecular complexity index is 266. The van der Waals surface area contributed by atoms with Crippen LogP contribution in [-0.4, -0.2) is 22.2 Å². The largest absolute Gasteiger partial charge is 0.389 e. The highest BCUT2D eigenvalue weighted by Gasteiger charge is 2.14. The van der Waals surface area contributed by atoms with Gasteiger partial charge in [0.2, 0.25) is 0 Å². The van der Waals surface area contributed by atoms with Crippen LogP contribution < -0.4 is 5.32 Å². The molecule has 0 saturated heterocycles. The van der Waals surface area contributed by atoms with Crippen molar-refractivity contribution in [2.24, 2.45) is 0 Å². The fourth-order valence-electron chi connectivity index (χ4n) is 1.15. The average Bonchev–Trinajstić information content (AvgIpc) is 2.14. The molecular weight excluding hydrogens is 176 g/mol. The van der Waals surface area contributed by atoms with E-state index in [1.807, 2.05) is 18.3 Å². The molecule has 0 fully saturated rings. The summed E-state index contributed by atoms with van der Waals surface area (Å²) in [6.45, 7) is 6.21. The molecule has 0 unspecified atom stereocenters. The number of aliphatic hydroxyl groups is 1. The zero-order valence-electron chi connectivity index (χ0n) is 8.99. The molecule has 0 bridgehead atoms. The molecule has 0 amide bonds. The van der Waals surface area contributed by atoms with Crippen LogP contribution in [0.4, 0.5) is 0 Å². The summed E-state index contributed by atoms with van der Waals surface area (Å²) in [4.78, 5) is 4.05. The van der Waals surface area contributed by atoms with Crippen molar-refractivity contribution in [2.45, 2.75) is 32.4 Å². The third kappa shape index (κ3) is 3.85. The van der Waals surface area contributed by atoms with Crippen LogP contribution in [0.2, 0.25) is 0 Å². The third-order valence-electron chi connectivity index (χ3n) is 2.03. The number of aromatic nitrogens is 1. The van der Waals surface area contributed by atoms with Gasteiger partial charge in [-0.2, -0.15) is 0 Å². The molecule has 3 heteroatoms. The number of hydrogen-bond acceptors (Lipinski definition) is 3. The van der Waals surface area contributed by atoms with Crippen molar-refractivity contribution in [3.8, 4) is 0 Å². The summed E-state index contributed by atoms with van der Waals surface area (Å²) < 4.78 is 0. The lowest BCUT2D eigenvalue weighted by Crippen LogP contribution is -2.36. The maximum atomic E-state index is 9.54. The van der Waals surface area contributed by atoms with Crippen LogP contribution in [0.3, 0.4) is 0 Å². The Hall–Kier alpha value is -0.930. The standard InChI is InChI=1S/C11H18N2O/c1-9(13-8-11(2,3)14)10-5-4-6-12-7-10/h4-7,9,13-14H,8H2,1-3H3/t9-/m0/s1. The van der Waals surface area contributed by atoms with Crippen LogP contribution >= 0.6 is 0 Å². The first-order valence-electron chi connectivity index (χ1n) is 4.85. The highest BCUT2D eigenvalue weighted by atomic mass is 16.3. The fourth-order valence-corrected chi connectivity index (χ4v) is 1.15. The van der Waals surface area contributed by atoms with Crippen LogP contribution in [-0.2, 0) is 0 Å². The summed E-state index contributed by atoms with van der Waals surface area (Å²) in [6, 6.07) is 4.15. The van der Waals surface area contributed by atoms with Crippen molar-refractivity contribution < 1.29 is 5.11 Å². The van der Waals surface area contributed by atoms with Gasteiger partial charge >= 0.3 is 0 Å². The zero-order valence-corrected chi connectivity index (χ0v) is 8.99. The van der Waals surface area contributed by atoms with E-state index in [2.05, 4.69) is 17.2 Å². The maximum Gasteiger partial charge on any atom is 0.0715 e. The average molecular weight is 194 g/mol. The second-order valence-corrected chi connectivity index (χ2v) is 4.20. The van der Waals surface area contributed by atoms with Crippen molar-refractivity contribution in [3.63, 3.8) is 0 Å². The van der Waals surface area contributed by atoms with Gasteiger partial charge in [-0.15, -0.1) is 0 Å². The predicted octanol–water partition coefficient (Wildman–Crippen LogP) is 1.50. The van der Waals surface area contributed by atoms with Gasteiger partial charge in [0.1, 0.15) is 0 Å². The topological polar surface area (TPSA) is 45.1 Å². The van der Waals surface area contributed by atoms with Gasteiger partial charge in [0.25, 0.3) is 0 Å². The molecule has 78 valence electrons. The number of nitrogens with zero attached hydrogens (tertiary/aromatic N) is 1. The molecule has 0 aromatic carbocycles. The first-order chi connectivity index (χ1) is 6.49. The lowest BCUT2D eigenvalue weighted by molar-refractivity contribution is 0.0770. The van der Waals surface area contributed by atoms with Gasteiger partial charge in [0.05, 0.1) is 5.60 Å². The van der Waals surface area contributed by atoms with Gasteiger partial charge in [-0.1, -0.05) is 6.07 Å². The molecule has 14 heavy (non-hydrogen) atoms. The van der Waals surface area contributed by atoms with Crippen molar-refractivity contribution >= 4 is 0 Å². The van der Waals surface area contributed by atoms with Crippen molar-refractivity contribution in [1.82, 2.24) is 10.3 Å². The molecule has 0 aliphatic carbocycles. The Kier molecular flexibility index (Phi) is 3.61. The molecule has 2 N–H and O–H groups in total. The zero-order chi connectivity index (χ0) is 10.6. The Morgan fingerprint density at radius 3 is 2.79 bits per heavy atom. The summed E-state index contributed by atoms with van der Waals surface area (Å²) in [5.74, 6) is 0. The smallest absolute Gasteiger partial charge is 0.0715 e. The normalized spacial score (nSPS) is 14.0. The van der Waals surface area contributed by atoms with Gasteiger partial charge in [0, 0.05) is 25.0 Å². The number of hydrogen-bond donors (Lipinski definition) is 2. The summed E-state index contributed by atoms with van der Waals surface area (Å²) in [5, 5.41) is 12.8. The molecule has 0 saturated carbocycles. The van der Waals surface area contributed by atoms with Gasteiger partial charge in [0.15, 0.2) is 0 Å². The van der Waals surface area contributed by atoms with Crippen molar-refractivity contribution in [3.05, 3.63) is 30.1 Å². The Morgan fingerprint density at radius 1 is 1.57 bits per heavy atom. The Morgan fingerprint density at radius 2 is 2.29 bits per heavy atom. The van der Waals surface area contributed by atoms with E-state index in [1.54, 1.807) is 20.0 Å². The van der Waals surface area contributed by atoms with Crippen molar-refractivity contribution in [1.29, 1.82) is 0 Å². The van der Waals surface area contributed by atoms with E-state index in [0.717, 1.165) is 5.56 Å². The monoisotopic (exact) mass is 194 g/mol. The molecule has 1 atom stereocenters.